The molecule has 0 saturated carbocycles. The van der Waals surface area contributed by atoms with E-state index in [1.165, 1.54) is 6.07 Å². The summed E-state index contributed by atoms with van der Waals surface area (Å²) >= 11 is 5.52. The van der Waals surface area contributed by atoms with Crippen molar-refractivity contribution in [3.05, 3.63) is 41.3 Å². The normalized spacial score (nSPS) is 10.5. The molecule has 3 heteroatoms. The maximum Gasteiger partial charge on any atom is 0.143 e. The molecule has 0 atom stereocenters. The highest BCUT2D eigenvalue weighted by molar-refractivity contribution is 6.31. The third-order valence-electron chi connectivity index (χ3n) is 1.56. The summed E-state index contributed by atoms with van der Waals surface area (Å²) in [4.78, 5) is 3.98. The summed E-state index contributed by atoms with van der Waals surface area (Å²) in [5.41, 5.74) is 0.587. The second-order valence-corrected chi connectivity index (χ2v) is 2.75. The highest BCUT2D eigenvalue weighted by atomic mass is 35.5. The SMILES string of the molecule is Fc1cc2cccnc2[c]c1Cl. The van der Waals surface area contributed by atoms with Crippen LogP contribution in [0, 0.1) is 11.9 Å². The van der Waals surface area contributed by atoms with Crippen LogP contribution in [0.1, 0.15) is 0 Å². The quantitative estimate of drug-likeness (QED) is 0.608. The average molecular weight is 181 g/mol. The lowest BCUT2D eigenvalue weighted by molar-refractivity contribution is 0.630. The van der Waals surface area contributed by atoms with Crippen molar-refractivity contribution >= 4 is 22.5 Å². The maximum atomic E-state index is 12.9. The average Bonchev–Trinajstić information content (AvgIpc) is 2.07. The van der Waals surface area contributed by atoms with E-state index in [0.29, 0.717) is 10.9 Å². The Labute approximate surface area is 73.8 Å². The minimum absolute atomic E-state index is 0.0128. The van der Waals surface area contributed by atoms with Crippen molar-refractivity contribution in [1.82, 2.24) is 4.98 Å². The Morgan fingerprint density at radius 3 is 3.17 bits per heavy atom. The lowest BCUT2D eigenvalue weighted by atomic mass is 10.2. The minimum atomic E-state index is -0.461. The zero-order chi connectivity index (χ0) is 8.55. The van der Waals surface area contributed by atoms with E-state index in [2.05, 4.69) is 11.1 Å². The lowest BCUT2D eigenvalue weighted by Crippen LogP contribution is -1.81. The number of fused-ring (bicyclic) bond motifs is 1. The number of aromatic nitrogens is 1. The molecule has 1 heterocycles. The van der Waals surface area contributed by atoms with Crippen LogP contribution in [0.4, 0.5) is 4.39 Å². The number of nitrogens with zero attached hydrogens (tertiary/aromatic N) is 1. The summed E-state index contributed by atoms with van der Waals surface area (Å²) in [5, 5.41) is 0.695. The third-order valence-corrected chi connectivity index (χ3v) is 1.83. The first-order valence-corrected chi connectivity index (χ1v) is 3.77. The van der Waals surface area contributed by atoms with Crippen molar-refractivity contribution in [2.24, 2.45) is 0 Å². The molecular formula is C9H4ClFN. The van der Waals surface area contributed by atoms with Gasteiger partial charge in [-0.05, 0) is 12.1 Å². The molecule has 0 aliphatic rings. The van der Waals surface area contributed by atoms with E-state index in [1.54, 1.807) is 18.3 Å². The number of pyridine rings is 1. The van der Waals surface area contributed by atoms with E-state index >= 15 is 0 Å². The predicted octanol–water partition coefficient (Wildman–Crippen LogP) is 2.83. The second-order valence-electron chi connectivity index (χ2n) is 2.37. The van der Waals surface area contributed by atoms with Crippen molar-refractivity contribution in [3.63, 3.8) is 0 Å². The molecule has 2 aromatic rings. The first-order chi connectivity index (χ1) is 5.77. The fourth-order valence-corrected chi connectivity index (χ4v) is 1.15. The van der Waals surface area contributed by atoms with Gasteiger partial charge in [0, 0.05) is 17.6 Å². The topological polar surface area (TPSA) is 12.9 Å². The van der Waals surface area contributed by atoms with E-state index in [0.717, 1.165) is 0 Å². The van der Waals surface area contributed by atoms with E-state index in [1.807, 2.05) is 0 Å². The Hall–Kier alpha value is -1.15. The number of benzene rings is 1. The molecule has 2 rings (SSSR count). The fourth-order valence-electron chi connectivity index (χ4n) is 1.00. The van der Waals surface area contributed by atoms with E-state index in [4.69, 9.17) is 11.6 Å². The molecule has 0 fully saturated rings. The van der Waals surface area contributed by atoms with Gasteiger partial charge < -0.3 is 0 Å². The molecule has 1 aromatic heterocycles. The molecule has 1 nitrogen and oxygen atoms in total. The van der Waals surface area contributed by atoms with Crippen LogP contribution in [0.25, 0.3) is 10.9 Å². The van der Waals surface area contributed by atoms with Gasteiger partial charge in [-0.1, -0.05) is 17.7 Å². The second kappa shape index (κ2) is 2.72. The van der Waals surface area contributed by atoms with Gasteiger partial charge in [-0.15, -0.1) is 0 Å². The fraction of sp³-hybridized carbons (Fsp3) is 0. The molecule has 0 N–H and O–H groups in total. The van der Waals surface area contributed by atoms with Gasteiger partial charge in [-0.25, -0.2) is 4.39 Å². The minimum Gasteiger partial charge on any atom is -0.256 e. The number of hydrogen-bond donors (Lipinski definition) is 0. The highest BCUT2D eigenvalue weighted by Crippen LogP contribution is 2.19. The third kappa shape index (κ3) is 1.14. The summed E-state index contributed by atoms with van der Waals surface area (Å²) in [6.07, 6.45) is 1.62. The first kappa shape index (κ1) is 7.50. The molecule has 0 spiro atoms. The lowest BCUT2D eigenvalue weighted by Gasteiger charge is -1.96. The van der Waals surface area contributed by atoms with Crippen molar-refractivity contribution in [2.75, 3.05) is 0 Å². The molecule has 59 valence electrons. The number of rotatable bonds is 0. The molecular weight excluding hydrogens is 177 g/mol. The van der Waals surface area contributed by atoms with Gasteiger partial charge in [-0.2, -0.15) is 0 Å². The summed E-state index contributed by atoms with van der Waals surface area (Å²) in [6.45, 7) is 0. The van der Waals surface area contributed by atoms with Gasteiger partial charge in [0.25, 0.3) is 0 Å². The predicted molar refractivity (Wildman–Crippen MR) is 45.5 cm³/mol. The molecule has 12 heavy (non-hydrogen) atoms. The van der Waals surface area contributed by atoms with Crippen LogP contribution in [0.3, 0.4) is 0 Å². The Bertz CT molecular complexity index is 387. The van der Waals surface area contributed by atoms with E-state index in [9.17, 15) is 4.39 Å². The highest BCUT2D eigenvalue weighted by Gasteiger charge is 2.02. The van der Waals surface area contributed by atoms with Crippen LogP contribution >= 0.6 is 11.6 Å². The summed E-state index contributed by atoms with van der Waals surface area (Å²) in [5.74, 6) is -0.461. The first-order valence-electron chi connectivity index (χ1n) is 3.39. The molecule has 0 aliphatic heterocycles. The zero-order valence-corrected chi connectivity index (χ0v) is 6.77. The maximum absolute atomic E-state index is 12.9. The molecule has 1 aromatic carbocycles. The molecule has 0 unspecified atom stereocenters. The van der Waals surface area contributed by atoms with Crippen LogP contribution in [-0.2, 0) is 0 Å². The van der Waals surface area contributed by atoms with Gasteiger partial charge in [0.2, 0.25) is 0 Å². The Morgan fingerprint density at radius 1 is 1.50 bits per heavy atom. The Kier molecular flexibility index (Phi) is 1.70. The zero-order valence-electron chi connectivity index (χ0n) is 6.01. The van der Waals surface area contributed by atoms with Gasteiger partial charge >= 0.3 is 0 Å². The smallest absolute Gasteiger partial charge is 0.143 e. The van der Waals surface area contributed by atoms with Crippen LogP contribution in [0.15, 0.2) is 24.4 Å². The van der Waals surface area contributed by atoms with Gasteiger partial charge in [0.15, 0.2) is 0 Å². The van der Waals surface area contributed by atoms with E-state index in [-0.39, 0.29) is 5.02 Å². The molecule has 0 amide bonds. The van der Waals surface area contributed by atoms with Crippen LogP contribution < -0.4 is 0 Å². The van der Waals surface area contributed by atoms with Crippen molar-refractivity contribution in [1.29, 1.82) is 0 Å². The largest absolute Gasteiger partial charge is 0.256 e. The molecule has 0 aliphatic carbocycles. The summed E-state index contributed by atoms with van der Waals surface area (Å²) in [6, 6.07) is 7.49. The van der Waals surface area contributed by atoms with Crippen LogP contribution in [-0.4, -0.2) is 4.98 Å². The van der Waals surface area contributed by atoms with Gasteiger partial charge in [0.1, 0.15) is 5.82 Å². The van der Waals surface area contributed by atoms with Crippen LogP contribution in [0.5, 0.6) is 0 Å². The molecule has 0 bridgehead atoms. The number of hydrogen-bond acceptors (Lipinski definition) is 1. The molecule has 0 saturated heterocycles. The van der Waals surface area contributed by atoms with E-state index < -0.39 is 5.82 Å². The summed E-state index contributed by atoms with van der Waals surface area (Å²) in [7, 11) is 0. The van der Waals surface area contributed by atoms with Crippen molar-refractivity contribution in [3.8, 4) is 0 Å². The van der Waals surface area contributed by atoms with Crippen LogP contribution in [0.2, 0.25) is 5.02 Å². The van der Waals surface area contributed by atoms with Gasteiger partial charge in [0.05, 0.1) is 10.5 Å². The Balaban J connectivity index is 2.84. The van der Waals surface area contributed by atoms with Gasteiger partial charge in [-0.3, -0.25) is 4.98 Å². The van der Waals surface area contributed by atoms with Crippen molar-refractivity contribution in [2.45, 2.75) is 0 Å². The Morgan fingerprint density at radius 2 is 2.33 bits per heavy atom. The number of halogens is 2. The summed E-state index contributed by atoms with van der Waals surface area (Å²) < 4.78 is 12.9. The monoisotopic (exact) mass is 180 g/mol. The molecule has 1 radical (unpaired) electrons. The van der Waals surface area contributed by atoms with Crippen molar-refractivity contribution < 1.29 is 4.39 Å². The standard InChI is InChI=1S/C9H4ClFN/c10-7-5-9-6(4-8(7)11)2-1-3-12-9/h1-4H.